The molecular weight excluding hydrogens is 260 g/mol. The minimum atomic E-state index is -0.552. The first-order valence-corrected chi connectivity index (χ1v) is 5.35. The van der Waals surface area contributed by atoms with Gasteiger partial charge < -0.3 is 20.5 Å². The second kappa shape index (κ2) is 6.11. The molecule has 0 saturated carbocycles. The van der Waals surface area contributed by atoms with Gasteiger partial charge in [-0.05, 0) is 6.07 Å². The van der Waals surface area contributed by atoms with Crippen molar-refractivity contribution in [1.82, 2.24) is 5.32 Å². The predicted molar refractivity (Wildman–Crippen MR) is 66.8 cm³/mol. The second-order valence-electron chi connectivity index (χ2n) is 3.33. The van der Waals surface area contributed by atoms with Crippen LogP contribution in [0.5, 0.6) is 5.75 Å². The van der Waals surface area contributed by atoms with Gasteiger partial charge >= 0.3 is 5.97 Å². The molecule has 98 valence electrons. The first kappa shape index (κ1) is 14.1. The summed E-state index contributed by atoms with van der Waals surface area (Å²) in [7, 11) is 2.63. The van der Waals surface area contributed by atoms with Crippen molar-refractivity contribution in [2.75, 3.05) is 26.5 Å². The van der Waals surface area contributed by atoms with Gasteiger partial charge in [-0.2, -0.15) is 0 Å². The van der Waals surface area contributed by atoms with E-state index in [1.54, 1.807) is 0 Å². The minimum Gasteiger partial charge on any atom is -0.496 e. The van der Waals surface area contributed by atoms with Gasteiger partial charge in [0.25, 0.3) is 5.91 Å². The predicted octanol–water partition coefficient (Wildman–Crippen LogP) is 0.834. The molecule has 0 aliphatic heterocycles. The average molecular weight is 273 g/mol. The van der Waals surface area contributed by atoms with Crippen LogP contribution in [-0.2, 0) is 9.53 Å². The quantitative estimate of drug-likeness (QED) is 0.626. The maximum absolute atomic E-state index is 11.8. The number of amides is 1. The Morgan fingerprint density at radius 2 is 2.06 bits per heavy atom. The fourth-order valence-corrected chi connectivity index (χ4v) is 1.40. The summed E-state index contributed by atoms with van der Waals surface area (Å²) in [5.74, 6) is -0.776. The number of esters is 1. The van der Waals surface area contributed by atoms with Crippen molar-refractivity contribution in [3.05, 3.63) is 22.7 Å². The Balaban J connectivity index is 2.91. The van der Waals surface area contributed by atoms with E-state index in [4.69, 9.17) is 22.1 Å². The molecule has 18 heavy (non-hydrogen) atoms. The molecule has 0 heterocycles. The van der Waals surface area contributed by atoms with Crippen LogP contribution >= 0.6 is 11.6 Å². The molecule has 1 amide bonds. The molecule has 0 aliphatic rings. The summed E-state index contributed by atoms with van der Waals surface area (Å²) in [4.78, 5) is 22.7. The van der Waals surface area contributed by atoms with Gasteiger partial charge in [0.05, 0.1) is 30.5 Å². The molecule has 0 radical (unpaired) electrons. The van der Waals surface area contributed by atoms with Crippen LogP contribution in [0.1, 0.15) is 10.4 Å². The monoisotopic (exact) mass is 272 g/mol. The maximum atomic E-state index is 11.8. The van der Waals surface area contributed by atoms with Crippen LogP contribution in [0.4, 0.5) is 5.69 Å². The molecule has 1 aromatic rings. The van der Waals surface area contributed by atoms with Crippen molar-refractivity contribution in [2.45, 2.75) is 0 Å². The van der Waals surface area contributed by atoms with E-state index in [0.29, 0.717) is 5.69 Å². The molecule has 1 rings (SSSR count). The summed E-state index contributed by atoms with van der Waals surface area (Å²) < 4.78 is 9.42. The summed E-state index contributed by atoms with van der Waals surface area (Å²) in [5.41, 5.74) is 6.09. The topological polar surface area (TPSA) is 90.7 Å². The number of halogens is 1. The Kier molecular flexibility index (Phi) is 4.79. The molecule has 0 spiro atoms. The summed E-state index contributed by atoms with van der Waals surface area (Å²) in [6.45, 7) is -0.236. The van der Waals surface area contributed by atoms with E-state index in [2.05, 4.69) is 10.1 Å². The third-order valence-corrected chi connectivity index (χ3v) is 2.51. The molecule has 6 nitrogen and oxygen atoms in total. The SMILES string of the molecule is COC(=O)CNC(=O)c1cc(Cl)c(N)cc1OC. The number of nitrogen functional groups attached to an aromatic ring is 1. The number of carbonyl (C=O) groups is 2. The molecule has 3 N–H and O–H groups in total. The second-order valence-corrected chi connectivity index (χ2v) is 3.74. The van der Waals surface area contributed by atoms with Gasteiger partial charge in [0, 0.05) is 6.07 Å². The lowest BCUT2D eigenvalue weighted by atomic mass is 10.1. The highest BCUT2D eigenvalue weighted by atomic mass is 35.5. The number of hydrogen-bond donors (Lipinski definition) is 2. The first-order valence-electron chi connectivity index (χ1n) is 4.97. The number of rotatable bonds is 4. The van der Waals surface area contributed by atoms with Gasteiger partial charge in [-0.1, -0.05) is 11.6 Å². The van der Waals surface area contributed by atoms with Gasteiger partial charge in [0.2, 0.25) is 0 Å². The Morgan fingerprint density at radius 3 is 2.61 bits per heavy atom. The fraction of sp³-hybridized carbons (Fsp3) is 0.273. The van der Waals surface area contributed by atoms with E-state index in [-0.39, 0.29) is 22.9 Å². The van der Waals surface area contributed by atoms with Gasteiger partial charge in [-0.3, -0.25) is 9.59 Å². The zero-order chi connectivity index (χ0) is 13.7. The van der Waals surface area contributed by atoms with Gasteiger partial charge in [-0.25, -0.2) is 0 Å². The molecule has 7 heteroatoms. The number of ether oxygens (including phenoxy) is 2. The van der Waals surface area contributed by atoms with Crippen LogP contribution in [0, 0.1) is 0 Å². The van der Waals surface area contributed by atoms with E-state index >= 15 is 0 Å². The standard InChI is InChI=1S/C11H13ClN2O4/c1-17-9-4-8(13)7(12)3-6(9)11(16)14-5-10(15)18-2/h3-4H,5,13H2,1-2H3,(H,14,16). The smallest absolute Gasteiger partial charge is 0.325 e. The number of anilines is 1. The van der Waals surface area contributed by atoms with Crippen LogP contribution in [0.15, 0.2) is 12.1 Å². The van der Waals surface area contributed by atoms with Crippen molar-refractivity contribution < 1.29 is 19.1 Å². The molecule has 0 atom stereocenters. The molecule has 0 saturated heterocycles. The number of nitrogens with two attached hydrogens (primary N) is 1. The highest BCUT2D eigenvalue weighted by Gasteiger charge is 2.15. The van der Waals surface area contributed by atoms with Crippen molar-refractivity contribution in [3.63, 3.8) is 0 Å². The first-order chi connectivity index (χ1) is 8.49. The lowest BCUT2D eigenvalue weighted by molar-refractivity contribution is -0.139. The molecular formula is C11H13ClN2O4. The average Bonchev–Trinajstić information content (AvgIpc) is 2.37. The Bertz CT molecular complexity index is 476. The summed E-state index contributed by atoms with van der Waals surface area (Å²) in [6, 6.07) is 2.82. The summed E-state index contributed by atoms with van der Waals surface area (Å²) in [5, 5.41) is 2.61. The van der Waals surface area contributed by atoms with Crippen molar-refractivity contribution in [2.24, 2.45) is 0 Å². The highest BCUT2D eigenvalue weighted by molar-refractivity contribution is 6.33. The van der Waals surface area contributed by atoms with E-state index in [1.165, 1.54) is 26.4 Å². The van der Waals surface area contributed by atoms with Crippen molar-refractivity contribution >= 4 is 29.2 Å². The Morgan fingerprint density at radius 1 is 1.39 bits per heavy atom. The number of benzene rings is 1. The van der Waals surface area contributed by atoms with Crippen LogP contribution in [0.25, 0.3) is 0 Å². The normalized spacial score (nSPS) is 9.72. The van der Waals surface area contributed by atoms with E-state index in [9.17, 15) is 9.59 Å². The van der Waals surface area contributed by atoms with E-state index < -0.39 is 11.9 Å². The minimum absolute atomic E-state index is 0.195. The lowest BCUT2D eigenvalue weighted by Crippen LogP contribution is -2.30. The summed E-state index contributed by atoms with van der Waals surface area (Å²) in [6.07, 6.45) is 0. The van der Waals surface area contributed by atoms with Crippen LogP contribution in [0.3, 0.4) is 0 Å². The Labute approximate surface area is 109 Å². The van der Waals surface area contributed by atoms with Crippen LogP contribution in [0.2, 0.25) is 5.02 Å². The molecule has 0 unspecified atom stereocenters. The van der Waals surface area contributed by atoms with Crippen LogP contribution in [-0.4, -0.2) is 32.6 Å². The number of carbonyl (C=O) groups excluding carboxylic acids is 2. The zero-order valence-electron chi connectivity index (χ0n) is 9.95. The highest BCUT2D eigenvalue weighted by Crippen LogP contribution is 2.28. The number of hydrogen-bond acceptors (Lipinski definition) is 5. The molecule has 1 aromatic carbocycles. The number of methoxy groups -OCH3 is 2. The van der Waals surface area contributed by atoms with Gasteiger partial charge in [0.1, 0.15) is 12.3 Å². The van der Waals surface area contributed by atoms with Crippen molar-refractivity contribution in [1.29, 1.82) is 0 Å². The molecule has 0 bridgehead atoms. The molecule has 0 aromatic heterocycles. The van der Waals surface area contributed by atoms with Gasteiger partial charge in [-0.15, -0.1) is 0 Å². The third-order valence-electron chi connectivity index (χ3n) is 2.18. The van der Waals surface area contributed by atoms with E-state index in [0.717, 1.165) is 0 Å². The summed E-state index contributed by atoms with van der Waals surface area (Å²) >= 11 is 5.82. The third kappa shape index (κ3) is 3.27. The molecule has 0 fully saturated rings. The van der Waals surface area contributed by atoms with Crippen molar-refractivity contribution in [3.8, 4) is 5.75 Å². The number of nitrogens with one attached hydrogen (secondary N) is 1. The largest absolute Gasteiger partial charge is 0.496 e. The van der Waals surface area contributed by atoms with E-state index in [1.807, 2.05) is 0 Å². The zero-order valence-corrected chi connectivity index (χ0v) is 10.7. The van der Waals surface area contributed by atoms with Gasteiger partial charge in [0.15, 0.2) is 0 Å². The molecule has 0 aliphatic carbocycles. The fourth-order valence-electron chi connectivity index (χ4n) is 1.24. The Hall–Kier alpha value is -1.95. The van der Waals surface area contributed by atoms with Crippen LogP contribution < -0.4 is 15.8 Å². The maximum Gasteiger partial charge on any atom is 0.325 e. The lowest BCUT2D eigenvalue weighted by Gasteiger charge is -2.10.